The molecule has 3 aromatic rings. The van der Waals surface area contributed by atoms with Gasteiger partial charge < -0.3 is 14.6 Å². The van der Waals surface area contributed by atoms with Gasteiger partial charge in [-0.25, -0.2) is 9.79 Å². The van der Waals surface area contributed by atoms with Crippen molar-refractivity contribution in [3.05, 3.63) is 89.6 Å². The number of phenols is 1. The van der Waals surface area contributed by atoms with Gasteiger partial charge in [0.15, 0.2) is 16.3 Å². The molecule has 0 aliphatic carbocycles. The summed E-state index contributed by atoms with van der Waals surface area (Å²) in [6.07, 6.45) is 1.58. The standard InChI is InChI=1S/C24H21ClN2O5S/c1-4-32-23(30)19-13(2)26-24-27(20(19)15-9-5-6-10-16(15)25)22(29)18(33-24)12-14-8-7-11-17(31-3)21(14)28/h5-12,20,28H,4H2,1-3H3/b18-12-. The first-order chi connectivity index (χ1) is 15.9. The zero-order valence-electron chi connectivity index (χ0n) is 18.2. The summed E-state index contributed by atoms with van der Waals surface area (Å²) in [4.78, 5) is 31.4. The molecular weight excluding hydrogens is 464 g/mol. The molecule has 1 aromatic heterocycles. The highest BCUT2D eigenvalue weighted by molar-refractivity contribution is 7.07. The first-order valence-corrected chi connectivity index (χ1v) is 11.4. The maximum atomic E-state index is 13.6. The third-order valence-electron chi connectivity index (χ3n) is 5.25. The molecule has 1 N–H and O–H groups in total. The van der Waals surface area contributed by atoms with E-state index in [9.17, 15) is 14.7 Å². The minimum Gasteiger partial charge on any atom is -0.504 e. The van der Waals surface area contributed by atoms with E-state index in [0.717, 1.165) is 11.3 Å². The second-order valence-electron chi connectivity index (χ2n) is 7.22. The Morgan fingerprint density at radius 3 is 2.73 bits per heavy atom. The molecule has 2 heterocycles. The normalized spacial score (nSPS) is 15.8. The Labute approximate surface area is 198 Å². The Balaban J connectivity index is 1.99. The summed E-state index contributed by atoms with van der Waals surface area (Å²) in [5.41, 5.74) is 1.37. The molecule has 4 rings (SSSR count). The highest BCUT2D eigenvalue weighted by Crippen LogP contribution is 2.34. The van der Waals surface area contributed by atoms with Gasteiger partial charge in [0.2, 0.25) is 0 Å². The molecule has 1 unspecified atom stereocenters. The Morgan fingerprint density at radius 1 is 1.27 bits per heavy atom. The van der Waals surface area contributed by atoms with E-state index in [0.29, 0.717) is 36.9 Å². The SMILES string of the molecule is CCOC(=O)C1=C(C)N=c2s/c(=C\c3cccc(OC)c3O)c(=O)n2C1c1ccccc1Cl. The number of aromatic hydroxyl groups is 1. The van der Waals surface area contributed by atoms with Crippen LogP contribution in [-0.2, 0) is 9.53 Å². The van der Waals surface area contributed by atoms with Gasteiger partial charge in [0.05, 0.1) is 29.5 Å². The Kier molecular flexibility index (Phi) is 6.40. The van der Waals surface area contributed by atoms with Crippen LogP contribution in [-0.4, -0.2) is 29.4 Å². The van der Waals surface area contributed by atoms with Gasteiger partial charge in [0.25, 0.3) is 5.56 Å². The number of nitrogens with zero attached hydrogens (tertiary/aromatic N) is 2. The molecule has 33 heavy (non-hydrogen) atoms. The fraction of sp³-hybridized carbons (Fsp3) is 0.208. The first-order valence-electron chi connectivity index (χ1n) is 10.2. The lowest BCUT2D eigenvalue weighted by molar-refractivity contribution is -0.139. The van der Waals surface area contributed by atoms with Crippen LogP contribution < -0.4 is 19.6 Å². The van der Waals surface area contributed by atoms with Crippen molar-refractivity contribution in [1.29, 1.82) is 0 Å². The van der Waals surface area contributed by atoms with E-state index in [4.69, 9.17) is 21.1 Å². The number of methoxy groups -OCH3 is 1. The number of hydrogen-bond acceptors (Lipinski definition) is 7. The average Bonchev–Trinajstić information content (AvgIpc) is 3.09. The van der Waals surface area contributed by atoms with E-state index < -0.39 is 12.0 Å². The summed E-state index contributed by atoms with van der Waals surface area (Å²) in [6.45, 7) is 3.61. The topological polar surface area (TPSA) is 90.1 Å². The predicted molar refractivity (Wildman–Crippen MR) is 127 cm³/mol. The summed E-state index contributed by atoms with van der Waals surface area (Å²) < 4.78 is 12.2. The Bertz CT molecular complexity index is 1450. The molecule has 0 spiro atoms. The van der Waals surface area contributed by atoms with Crippen LogP contribution in [0.15, 0.2) is 63.5 Å². The smallest absolute Gasteiger partial charge is 0.338 e. The molecule has 2 aromatic carbocycles. The van der Waals surface area contributed by atoms with Gasteiger partial charge in [-0.05, 0) is 37.6 Å². The van der Waals surface area contributed by atoms with Crippen LogP contribution in [0.5, 0.6) is 11.5 Å². The van der Waals surface area contributed by atoms with Crippen molar-refractivity contribution in [1.82, 2.24) is 4.57 Å². The molecule has 0 saturated carbocycles. The van der Waals surface area contributed by atoms with E-state index in [1.807, 2.05) is 0 Å². The zero-order chi connectivity index (χ0) is 23.7. The predicted octanol–water partition coefficient (Wildman–Crippen LogP) is 3.17. The largest absolute Gasteiger partial charge is 0.504 e. The number of aromatic nitrogens is 1. The molecule has 1 aliphatic heterocycles. The number of carbonyl (C=O) groups is 1. The number of ether oxygens (including phenoxy) is 2. The van der Waals surface area contributed by atoms with Crippen LogP contribution in [0.2, 0.25) is 5.02 Å². The van der Waals surface area contributed by atoms with E-state index in [-0.39, 0.29) is 23.5 Å². The summed E-state index contributed by atoms with van der Waals surface area (Å²) in [5, 5.41) is 10.9. The van der Waals surface area contributed by atoms with Crippen molar-refractivity contribution in [3.63, 3.8) is 0 Å². The summed E-state index contributed by atoms with van der Waals surface area (Å²) in [6, 6.07) is 11.3. The third kappa shape index (κ3) is 4.07. The van der Waals surface area contributed by atoms with Crippen molar-refractivity contribution < 1.29 is 19.4 Å². The third-order valence-corrected chi connectivity index (χ3v) is 6.58. The van der Waals surface area contributed by atoms with Gasteiger partial charge in [-0.15, -0.1) is 0 Å². The minimum atomic E-state index is -0.796. The maximum absolute atomic E-state index is 13.6. The van der Waals surface area contributed by atoms with Crippen LogP contribution in [0.25, 0.3) is 6.08 Å². The van der Waals surface area contributed by atoms with Gasteiger partial charge >= 0.3 is 5.97 Å². The molecule has 0 fully saturated rings. The highest BCUT2D eigenvalue weighted by Gasteiger charge is 2.34. The number of phenolic OH excluding ortho intramolecular Hbond substituents is 1. The molecule has 170 valence electrons. The highest BCUT2D eigenvalue weighted by atomic mass is 35.5. The number of hydrogen-bond donors (Lipinski definition) is 1. The number of para-hydroxylation sites is 1. The van der Waals surface area contributed by atoms with Gasteiger partial charge in [0.1, 0.15) is 6.04 Å². The van der Waals surface area contributed by atoms with Crippen molar-refractivity contribution >= 4 is 35.0 Å². The number of esters is 1. The summed E-state index contributed by atoms with van der Waals surface area (Å²) >= 11 is 7.65. The second kappa shape index (κ2) is 9.25. The molecule has 0 radical (unpaired) electrons. The molecule has 1 aliphatic rings. The first kappa shape index (κ1) is 22.8. The fourth-order valence-corrected chi connectivity index (χ4v) is 5.02. The van der Waals surface area contributed by atoms with Gasteiger partial charge in [0, 0.05) is 10.6 Å². The van der Waals surface area contributed by atoms with Crippen molar-refractivity contribution in [2.45, 2.75) is 19.9 Å². The average molecular weight is 485 g/mol. The minimum absolute atomic E-state index is 0.0723. The number of thiazole rings is 1. The number of fused-ring (bicyclic) bond motifs is 1. The number of rotatable bonds is 5. The van der Waals surface area contributed by atoms with Gasteiger partial charge in [-0.1, -0.05) is 53.3 Å². The number of allylic oxidation sites excluding steroid dienone is 1. The van der Waals surface area contributed by atoms with Crippen molar-refractivity contribution in [2.24, 2.45) is 4.99 Å². The van der Waals surface area contributed by atoms with Gasteiger partial charge in [-0.2, -0.15) is 0 Å². The number of halogens is 1. The lowest BCUT2D eigenvalue weighted by atomic mass is 9.96. The second-order valence-corrected chi connectivity index (χ2v) is 8.64. The van der Waals surface area contributed by atoms with Crippen LogP contribution in [0.4, 0.5) is 0 Å². The fourth-order valence-electron chi connectivity index (χ4n) is 3.74. The van der Waals surface area contributed by atoms with Crippen LogP contribution >= 0.6 is 22.9 Å². The number of carbonyl (C=O) groups excluding carboxylic acids is 1. The Morgan fingerprint density at radius 2 is 2.03 bits per heavy atom. The van der Waals surface area contributed by atoms with E-state index in [1.54, 1.807) is 62.4 Å². The van der Waals surface area contributed by atoms with Crippen LogP contribution in [0.1, 0.15) is 31.0 Å². The van der Waals surface area contributed by atoms with E-state index >= 15 is 0 Å². The lowest BCUT2D eigenvalue weighted by Crippen LogP contribution is -2.40. The summed E-state index contributed by atoms with van der Waals surface area (Å²) in [5.74, 6) is -0.328. The molecule has 0 bridgehead atoms. The van der Waals surface area contributed by atoms with Crippen molar-refractivity contribution in [2.75, 3.05) is 13.7 Å². The molecular formula is C24H21ClN2O5S. The Hall–Kier alpha value is -3.36. The maximum Gasteiger partial charge on any atom is 0.338 e. The molecule has 0 amide bonds. The lowest BCUT2D eigenvalue weighted by Gasteiger charge is -2.25. The monoisotopic (exact) mass is 484 g/mol. The number of benzene rings is 2. The van der Waals surface area contributed by atoms with Crippen LogP contribution in [0, 0.1) is 0 Å². The zero-order valence-corrected chi connectivity index (χ0v) is 19.7. The van der Waals surface area contributed by atoms with Gasteiger partial charge in [-0.3, -0.25) is 9.36 Å². The van der Waals surface area contributed by atoms with E-state index in [1.165, 1.54) is 11.7 Å². The molecule has 1 atom stereocenters. The molecule has 7 nitrogen and oxygen atoms in total. The molecule has 9 heteroatoms. The van der Waals surface area contributed by atoms with E-state index in [2.05, 4.69) is 4.99 Å². The quantitative estimate of drug-likeness (QED) is 0.562. The molecule has 0 saturated heterocycles. The van der Waals surface area contributed by atoms with Crippen LogP contribution in [0.3, 0.4) is 0 Å². The summed E-state index contributed by atoms with van der Waals surface area (Å²) in [7, 11) is 1.45. The van der Waals surface area contributed by atoms with Crippen molar-refractivity contribution in [3.8, 4) is 11.5 Å².